The van der Waals surface area contributed by atoms with Crippen LogP contribution >= 0.6 is 0 Å². The van der Waals surface area contributed by atoms with Crippen molar-refractivity contribution in [1.82, 2.24) is 5.32 Å². The summed E-state index contributed by atoms with van der Waals surface area (Å²) in [5, 5.41) is 3.62. The highest BCUT2D eigenvalue weighted by Gasteiger charge is 2.06. The van der Waals surface area contributed by atoms with E-state index in [-0.39, 0.29) is 0 Å². The quantitative estimate of drug-likeness (QED) is 0.573. The molecule has 0 radical (unpaired) electrons. The average Bonchev–Trinajstić information content (AvgIpc) is 2.10. The molecule has 0 aliphatic carbocycles. The van der Waals surface area contributed by atoms with Crippen LogP contribution in [0.5, 0.6) is 0 Å². The Morgan fingerprint density at radius 3 is 1.88 bits per heavy atom. The fourth-order valence-corrected chi connectivity index (χ4v) is 2.51. The van der Waals surface area contributed by atoms with E-state index in [0.717, 1.165) is 17.8 Å². The van der Waals surface area contributed by atoms with Crippen LogP contribution in [0.15, 0.2) is 0 Å². The smallest absolute Gasteiger partial charge is 0.00411 e. The van der Waals surface area contributed by atoms with Gasteiger partial charge in [0.05, 0.1) is 0 Å². The van der Waals surface area contributed by atoms with Gasteiger partial charge in [-0.25, -0.2) is 0 Å². The zero-order valence-corrected chi connectivity index (χ0v) is 12.3. The van der Waals surface area contributed by atoms with Gasteiger partial charge in [-0.1, -0.05) is 34.6 Å². The van der Waals surface area contributed by atoms with E-state index in [0.29, 0.717) is 6.04 Å². The summed E-state index contributed by atoms with van der Waals surface area (Å²) in [4.78, 5) is 0. The van der Waals surface area contributed by atoms with Gasteiger partial charge >= 0.3 is 0 Å². The van der Waals surface area contributed by atoms with Gasteiger partial charge in [0.15, 0.2) is 0 Å². The minimum Gasteiger partial charge on any atom is -0.314 e. The summed E-state index contributed by atoms with van der Waals surface area (Å²) in [6, 6.07) is 0.681. The number of hydrogen-bond donors (Lipinski definition) is 1. The first-order valence-corrected chi connectivity index (χ1v) is 7.15. The van der Waals surface area contributed by atoms with Crippen LogP contribution in [-0.2, 0) is 0 Å². The van der Waals surface area contributed by atoms with Gasteiger partial charge in [-0.05, 0) is 56.9 Å². The molecule has 0 aliphatic heterocycles. The topological polar surface area (TPSA) is 12.0 Å². The van der Waals surface area contributed by atoms with E-state index < -0.39 is 0 Å². The maximum absolute atomic E-state index is 3.62. The van der Waals surface area contributed by atoms with Crippen molar-refractivity contribution in [2.24, 2.45) is 17.8 Å². The number of hydrogen-bond acceptors (Lipinski definition) is 1. The third-order valence-electron chi connectivity index (χ3n) is 3.07. The lowest BCUT2D eigenvalue weighted by Crippen LogP contribution is -2.28. The van der Waals surface area contributed by atoms with Crippen LogP contribution in [-0.4, -0.2) is 12.6 Å². The second-order valence-electron chi connectivity index (χ2n) is 6.36. The van der Waals surface area contributed by atoms with Crippen LogP contribution in [0.25, 0.3) is 0 Å². The van der Waals surface area contributed by atoms with Crippen LogP contribution in [0.1, 0.15) is 67.2 Å². The molecule has 0 fully saturated rings. The molecule has 1 nitrogen and oxygen atoms in total. The first-order chi connectivity index (χ1) is 7.41. The highest BCUT2D eigenvalue weighted by Crippen LogP contribution is 2.15. The van der Waals surface area contributed by atoms with Crippen molar-refractivity contribution in [2.45, 2.75) is 73.3 Å². The Morgan fingerprint density at radius 2 is 1.38 bits per heavy atom. The van der Waals surface area contributed by atoms with Crippen LogP contribution in [0, 0.1) is 17.8 Å². The third-order valence-corrected chi connectivity index (χ3v) is 3.07. The van der Waals surface area contributed by atoms with Gasteiger partial charge in [-0.15, -0.1) is 0 Å². The molecule has 0 bridgehead atoms. The molecule has 16 heavy (non-hydrogen) atoms. The Labute approximate surface area is 103 Å². The summed E-state index contributed by atoms with van der Waals surface area (Å²) in [5.74, 6) is 2.55. The normalized spacial score (nSPS) is 15.8. The van der Waals surface area contributed by atoms with Gasteiger partial charge < -0.3 is 5.32 Å². The van der Waals surface area contributed by atoms with Crippen molar-refractivity contribution in [3.8, 4) is 0 Å². The Bertz CT molecular complexity index is 134. The van der Waals surface area contributed by atoms with Gasteiger partial charge in [0, 0.05) is 6.04 Å². The molecule has 0 amide bonds. The van der Waals surface area contributed by atoms with E-state index in [1.54, 1.807) is 0 Å². The molecular formula is C15H33N. The number of rotatable bonds is 9. The second kappa shape index (κ2) is 9.04. The van der Waals surface area contributed by atoms with Gasteiger partial charge in [-0.2, -0.15) is 0 Å². The Hall–Kier alpha value is -0.0400. The van der Waals surface area contributed by atoms with Crippen molar-refractivity contribution in [3.63, 3.8) is 0 Å². The maximum atomic E-state index is 3.62. The maximum Gasteiger partial charge on any atom is 0.00411 e. The van der Waals surface area contributed by atoms with Crippen LogP contribution < -0.4 is 5.32 Å². The summed E-state index contributed by atoms with van der Waals surface area (Å²) >= 11 is 0. The summed E-state index contributed by atoms with van der Waals surface area (Å²) < 4.78 is 0. The fourth-order valence-electron chi connectivity index (χ4n) is 2.51. The highest BCUT2D eigenvalue weighted by molar-refractivity contribution is 4.64. The highest BCUT2D eigenvalue weighted by atomic mass is 14.9. The zero-order chi connectivity index (χ0) is 12.6. The van der Waals surface area contributed by atoms with E-state index in [1.807, 2.05) is 0 Å². The van der Waals surface area contributed by atoms with E-state index in [2.05, 4.69) is 46.9 Å². The van der Waals surface area contributed by atoms with Crippen molar-refractivity contribution in [1.29, 1.82) is 0 Å². The molecule has 1 N–H and O–H groups in total. The Morgan fingerprint density at radius 1 is 0.812 bits per heavy atom. The molecule has 0 rings (SSSR count). The first kappa shape index (κ1) is 16.0. The fraction of sp³-hybridized carbons (Fsp3) is 1.00. The lowest BCUT2D eigenvalue weighted by Gasteiger charge is -2.17. The van der Waals surface area contributed by atoms with Crippen molar-refractivity contribution in [2.75, 3.05) is 6.54 Å². The van der Waals surface area contributed by atoms with E-state index >= 15 is 0 Å². The minimum atomic E-state index is 0.681. The third kappa shape index (κ3) is 10.5. The second-order valence-corrected chi connectivity index (χ2v) is 6.36. The van der Waals surface area contributed by atoms with E-state index in [1.165, 1.54) is 32.2 Å². The van der Waals surface area contributed by atoms with Crippen molar-refractivity contribution >= 4 is 0 Å². The summed E-state index contributed by atoms with van der Waals surface area (Å²) in [6.45, 7) is 15.1. The number of nitrogens with one attached hydrogen (secondary N) is 1. The monoisotopic (exact) mass is 227 g/mol. The lowest BCUT2D eigenvalue weighted by molar-refractivity contribution is 0.385. The molecule has 0 spiro atoms. The molecule has 0 aliphatic rings. The molecule has 0 aromatic heterocycles. The van der Waals surface area contributed by atoms with Crippen LogP contribution in [0.2, 0.25) is 0 Å². The Kier molecular flexibility index (Phi) is 9.02. The minimum absolute atomic E-state index is 0.681. The summed E-state index contributed by atoms with van der Waals surface area (Å²) in [7, 11) is 0. The van der Waals surface area contributed by atoms with E-state index in [9.17, 15) is 0 Å². The predicted octanol–water partition coefficient (Wildman–Crippen LogP) is 4.47. The molecule has 0 saturated carbocycles. The standard InChI is InChI=1S/C15H33N/c1-12(2)10-14(5)8-7-9-16-15(6)11-13(3)4/h12-16H,7-11H2,1-6H3. The first-order valence-electron chi connectivity index (χ1n) is 7.15. The molecule has 98 valence electrons. The largest absolute Gasteiger partial charge is 0.314 e. The van der Waals surface area contributed by atoms with Gasteiger partial charge in [0.25, 0.3) is 0 Å². The average molecular weight is 227 g/mol. The van der Waals surface area contributed by atoms with E-state index in [4.69, 9.17) is 0 Å². The molecule has 0 aromatic carbocycles. The zero-order valence-electron chi connectivity index (χ0n) is 12.3. The van der Waals surface area contributed by atoms with Gasteiger partial charge in [0.2, 0.25) is 0 Å². The van der Waals surface area contributed by atoms with Crippen molar-refractivity contribution in [3.05, 3.63) is 0 Å². The molecule has 2 atom stereocenters. The molecule has 0 aromatic rings. The molecule has 2 unspecified atom stereocenters. The molecule has 0 heterocycles. The summed E-state index contributed by atoms with van der Waals surface area (Å²) in [5.41, 5.74) is 0. The van der Waals surface area contributed by atoms with Gasteiger partial charge in [0.1, 0.15) is 0 Å². The SMILES string of the molecule is CC(C)CC(C)CCCNC(C)CC(C)C. The molecule has 1 heteroatoms. The van der Waals surface area contributed by atoms with Crippen LogP contribution in [0.4, 0.5) is 0 Å². The van der Waals surface area contributed by atoms with Crippen molar-refractivity contribution < 1.29 is 0 Å². The van der Waals surface area contributed by atoms with Gasteiger partial charge in [-0.3, -0.25) is 0 Å². The molecular weight excluding hydrogens is 194 g/mol. The lowest BCUT2D eigenvalue weighted by atomic mass is 9.95. The molecule has 0 saturated heterocycles. The predicted molar refractivity (Wildman–Crippen MR) is 74.8 cm³/mol. The van der Waals surface area contributed by atoms with Crippen LogP contribution in [0.3, 0.4) is 0 Å². The Balaban J connectivity index is 3.38. The summed E-state index contributed by atoms with van der Waals surface area (Å²) in [6.07, 6.45) is 5.37.